The Hall–Kier alpha value is -0.570. The molecule has 2 heterocycles. The monoisotopic (exact) mass is 330 g/mol. The van der Waals surface area contributed by atoms with Crippen LogP contribution in [0.15, 0.2) is 4.90 Å². The van der Waals surface area contributed by atoms with Gasteiger partial charge in [0, 0.05) is 18.6 Å². The van der Waals surface area contributed by atoms with E-state index in [1.807, 2.05) is 11.8 Å². The maximum Gasteiger partial charge on any atom is 0.244 e. The molecule has 1 saturated carbocycles. The second-order valence-corrected chi connectivity index (χ2v) is 8.66. The molecular formula is C13H22N4O2S2. The molecule has 0 atom stereocenters. The highest BCUT2D eigenvalue weighted by Gasteiger charge is 2.29. The van der Waals surface area contributed by atoms with Crippen molar-refractivity contribution in [2.75, 3.05) is 11.5 Å². The number of aromatic nitrogens is 2. The van der Waals surface area contributed by atoms with E-state index in [0.717, 1.165) is 24.3 Å². The van der Waals surface area contributed by atoms with Gasteiger partial charge in [0.05, 0.1) is 11.4 Å². The zero-order valence-corrected chi connectivity index (χ0v) is 13.8. The molecule has 1 aliphatic heterocycles. The molecule has 8 heteroatoms. The van der Waals surface area contributed by atoms with Gasteiger partial charge in [-0.2, -0.15) is 16.9 Å². The summed E-state index contributed by atoms with van der Waals surface area (Å²) in [6.45, 7) is 2.27. The smallest absolute Gasteiger partial charge is 0.244 e. The summed E-state index contributed by atoms with van der Waals surface area (Å²) in [6, 6.07) is 0.579. The molecule has 0 unspecified atom stereocenters. The lowest BCUT2D eigenvalue weighted by molar-refractivity contribution is 0.527. The maximum absolute atomic E-state index is 12.7. The summed E-state index contributed by atoms with van der Waals surface area (Å²) < 4.78 is 28.2. The fourth-order valence-electron chi connectivity index (χ4n) is 2.57. The van der Waals surface area contributed by atoms with Crippen LogP contribution in [-0.2, 0) is 16.6 Å². The molecule has 6 nitrogen and oxygen atoms in total. The third-order valence-electron chi connectivity index (χ3n) is 3.91. The van der Waals surface area contributed by atoms with Crippen LogP contribution in [0, 0.1) is 6.92 Å². The van der Waals surface area contributed by atoms with Crippen molar-refractivity contribution in [3.8, 4) is 0 Å². The summed E-state index contributed by atoms with van der Waals surface area (Å²) in [4.78, 5) is 0.328. The van der Waals surface area contributed by atoms with Crippen molar-refractivity contribution in [3.05, 3.63) is 11.4 Å². The van der Waals surface area contributed by atoms with Gasteiger partial charge < -0.3 is 5.32 Å². The van der Waals surface area contributed by atoms with Gasteiger partial charge in [0.1, 0.15) is 4.90 Å². The molecule has 3 N–H and O–H groups in total. The summed E-state index contributed by atoms with van der Waals surface area (Å²) >= 11 is 1.88. The second kappa shape index (κ2) is 6.28. The van der Waals surface area contributed by atoms with Crippen LogP contribution in [0.2, 0.25) is 0 Å². The minimum atomic E-state index is -3.50. The topological polar surface area (TPSA) is 86.9 Å². The van der Waals surface area contributed by atoms with Crippen LogP contribution >= 0.6 is 11.8 Å². The summed E-state index contributed by atoms with van der Waals surface area (Å²) in [7, 11) is -3.50. The van der Waals surface area contributed by atoms with Gasteiger partial charge in [0.15, 0.2) is 0 Å². The van der Waals surface area contributed by atoms with E-state index in [2.05, 4.69) is 20.2 Å². The van der Waals surface area contributed by atoms with E-state index in [1.165, 1.54) is 12.8 Å². The van der Waals surface area contributed by atoms with Gasteiger partial charge in [0.25, 0.3) is 0 Å². The third-order valence-corrected chi connectivity index (χ3v) is 6.68. The Labute approximate surface area is 129 Å². The lowest BCUT2D eigenvalue weighted by atomic mass is 10.2. The van der Waals surface area contributed by atoms with E-state index >= 15 is 0 Å². The number of aryl methyl sites for hydroxylation is 1. The van der Waals surface area contributed by atoms with Crippen molar-refractivity contribution in [1.29, 1.82) is 0 Å². The number of aromatic amines is 1. The van der Waals surface area contributed by atoms with Crippen molar-refractivity contribution in [2.45, 2.75) is 56.1 Å². The van der Waals surface area contributed by atoms with E-state index in [-0.39, 0.29) is 6.04 Å². The first-order chi connectivity index (χ1) is 10.1. The van der Waals surface area contributed by atoms with Gasteiger partial charge in [-0.3, -0.25) is 5.10 Å². The number of nitrogens with zero attached hydrogens (tertiary/aromatic N) is 1. The number of rotatable bonds is 6. The van der Waals surface area contributed by atoms with Gasteiger partial charge >= 0.3 is 0 Å². The van der Waals surface area contributed by atoms with E-state index in [4.69, 9.17) is 0 Å². The molecule has 2 aliphatic rings. The van der Waals surface area contributed by atoms with Crippen LogP contribution in [0.4, 0.5) is 0 Å². The highest BCUT2D eigenvalue weighted by Crippen LogP contribution is 2.24. The van der Waals surface area contributed by atoms with Crippen LogP contribution < -0.4 is 10.0 Å². The molecule has 21 heavy (non-hydrogen) atoms. The van der Waals surface area contributed by atoms with Crippen molar-refractivity contribution in [3.63, 3.8) is 0 Å². The van der Waals surface area contributed by atoms with Crippen molar-refractivity contribution < 1.29 is 8.42 Å². The molecule has 0 amide bonds. The van der Waals surface area contributed by atoms with Gasteiger partial charge in [-0.1, -0.05) is 0 Å². The van der Waals surface area contributed by atoms with Crippen molar-refractivity contribution in [2.24, 2.45) is 0 Å². The number of thioether (sulfide) groups is 1. The summed E-state index contributed by atoms with van der Waals surface area (Å²) in [5.41, 5.74) is 1.21. The molecule has 1 saturated heterocycles. The molecule has 0 radical (unpaired) electrons. The number of nitrogens with one attached hydrogen (secondary N) is 3. The lowest BCUT2D eigenvalue weighted by Crippen LogP contribution is -2.38. The first-order valence-corrected chi connectivity index (χ1v) is 10.1. The molecule has 0 aromatic carbocycles. The van der Waals surface area contributed by atoms with Crippen LogP contribution in [0.3, 0.4) is 0 Å². The Kier molecular flexibility index (Phi) is 4.58. The van der Waals surface area contributed by atoms with Crippen molar-refractivity contribution in [1.82, 2.24) is 20.2 Å². The largest absolute Gasteiger partial charge is 0.308 e. The minimum absolute atomic E-state index is 0.0507. The molecule has 1 aromatic rings. The summed E-state index contributed by atoms with van der Waals surface area (Å²) in [6.07, 6.45) is 4.14. The fraction of sp³-hybridized carbons (Fsp3) is 0.769. The van der Waals surface area contributed by atoms with E-state index in [9.17, 15) is 8.42 Å². The predicted octanol–water partition coefficient (Wildman–Crippen LogP) is 1.14. The average molecular weight is 330 g/mol. The first kappa shape index (κ1) is 15.3. The minimum Gasteiger partial charge on any atom is -0.308 e. The molecule has 1 aliphatic carbocycles. The molecule has 118 valence electrons. The molecule has 3 rings (SSSR count). The number of sulfonamides is 1. The average Bonchev–Trinajstić information content (AvgIpc) is 3.19. The Morgan fingerprint density at radius 2 is 1.95 bits per heavy atom. The zero-order valence-electron chi connectivity index (χ0n) is 12.2. The maximum atomic E-state index is 12.7. The molecule has 2 fully saturated rings. The van der Waals surface area contributed by atoms with Gasteiger partial charge in [-0.25, -0.2) is 13.1 Å². The van der Waals surface area contributed by atoms with Crippen LogP contribution in [0.1, 0.15) is 37.1 Å². The first-order valence-electron chi connectivity index (χ1n) is 7.43. The van der Waals surface area contributed by atoms with Crippen LogP contribution in [0.5, 0.6) is 0 Å². The SMILES string of the molecule is Cc1[nH]nc(CNC2CC2)c1S(=O)(=O)NC1CCSCC1. The third kappa shape index (κ3) is 3.80. The molecule has 0 bridgehead atoms. The number of H-pyrrole nitrogens is 1. The number of hydrogen-bond acceptors (Lipinski definition) is 5. The highest BCUT2D eigenvalue weighted by molar-refractivity contribution is 7.99. The zero-order chi connectivity index (χ0) is 14.9. The van der Waals surface area contributed by atoms with Gasteiger partial charge in [-0.05, 0) is 44.1 Å². The highest BCUT2D eigenvalue weighted by atomic mass is 32.2. The number of hydrogen-bond donors (Lipinski definition) is 3. The van der Waals surface area contributed by atoms with Crippen LogP contribution in [-0.4, -0.2) is 42.2 Å². The Bertz CT molecular complexity index is 589. The van der Waals surface area contributed by atoms with Crippen LogP contribution in [0.25, 0.3) is 0 Å². The van der Waals surface area contributed by atoms with E-state index in [1.54, 1.807) is 6.92 Å². The summed E-state index contributed by atoms with van der Waals surface area (Å²) in [5.74, 6) is 2.04. The molecule has 0 spiro atoms. The Balaban J connectivity index is 1.74. The fourth-order valence-corrected chi connectivity index (χ4v) is 5.34. The Morgan fingerprint density at radius 1 is 1.24 bits per heavy atom. The predicted molar refractivity (Wildman–Crippen MR) is 83.9 cm³/mol. The Morgan fingerprint density at radius 3 is 2.62 bits per heavy atom. The standard InChI is InChI=1S/C13H22N4O2S2/c1-9-13(12(16-15-9)8-14-10-2-3-10)21(18,19)17-11-4-6-20-7-5-11/h10-11,14,17H,2-8H2,1H3,(H,15,16). The van der Waals surface area contributed by atoms with Gasteiger partial charge in [0.2, 0.25) is 10.0 Å². The lowest BCUT2D eigenvalue weighted by Gasteiger charge is -2.22. The molecule has 1 aromatic heterocycles. The quantitative estimate of drug-likeness (QED) is 0.728. The molecular weight excluding hydrogens is 308 g/mol. The normalized spacial score (nSPS) is 20.8. The van der Waals surface area contributed by atoms with Gasteiger partial charge in [-0.15, -0.1) is 0 Å². The van der Waals surface area contributed by atoms with Crippen molar-refractivity contribution >= 4 is 21.8 Å². The van der Waals surface area contributed by atoms with E-state index in [0.29, 0.717) is 28.9 Å². The second-order valence-electron chi connectivity index (χ2n) is 5.79. The summed E-state index contributed by atoms with van der Waals surface area (Å²) in [5, 5.41) is 10.3. The van der Waals surface area contributed by atoms with E-state index < -0.39 is 10.0 Å².